The number of pyridine rings is 2. The van der Waals surface area contributed by atoms with Gasteiger partial charge in [-0.1, -0.05) is 72.8 Å². The third kappa shape index (κ3) is 6.94. The molecule has 46 heavy (non-hydrogen) atoms. The third-order valence-corrected chi connectivity index (χ3v) is 9.12. The van der Waals surface area contributed by atoms with Crippen molar-refractivity contribution in [3.8, 4) is 0 Å². The van der Waals surface area contributed by atoms with Crippen molar-refractivity contribution in [2.75, 3.05) is 27.7 Å². The Kier molecular flexibility index (Phi) is 10.1. The molecule has 3 N–H and O–H groups in total. The number of halogens is 2. The molecule has 0 bridgehead atoms. The van der Waals surface area contributed by atoms with Crippen molar-refractivity contribution in [3.05, 3.63) is 121 Å². The summed E-state index contributed by atoms with van der Waals surface area (Å²) in [6.07, 6.45) is 1.24. The topological polar surface area (TPSA) is 96.0 Å². The van der Waals surface area contributed by atoms with Crippen LogP contribution < -0.4 is 15.4 Å². The monoisotopic (exact) mass is 669 g/mol. The van der Waals surface area contributed by atoms with E-state index in [0.29, 0.717) is 25.1 Å². The van der Waals surface area contributed by atoms with Gasteiger partial charge in [-0.15, -0.1) is 24.8 Å². The van der Waals surface area contributed by atoms with Gasteiger partial charge in [-0.05, 0) is 61.4 Å². The number of fused-ring (bicyclic) bond motifs is 4. The minimum absolute atomic E-state index is 0. The van der Waals surface area contributed by atoms with E-state index in [0.717, 1.165) is 60.7 Å². The molecule has 7 nitrogen and oxygen atoms in total. The highest BCUT2D eigenvalue weighted by Gasteiger charge is 2.13. The van der Waals surface area contributed by atoms with E-state index in [1.165, 1.54) is 0 Å². The number of hydrogen-bond donors (Lipinski definition) is 3. The van der Waals surface area contributed by atoms with Crippen LogP contribution in [0.15, 0.2) is 121 Å². The number of para-hydroxylation sites is 4. The standard InChI is InChI=1S/C36H31N5O2S.2ClH/c42-44(43,24-10-9-23-37-35-27-11-1-5-15-31(27)39-32-16-6-2-12-28(32)35)41-26-21-19-25(20-22-26)38-36-29-13-3-7-17-33(29)40-34-18-8-4-14-30(34)36;;/h1-8,11-22,41H,9-10,23-24H2,(H,37,39)(H,38,40);2*1H. The van der Waals surface area contributed by atoms with Crippen LogP contribution in [0.1, 0.15) is 12.8 Å². The first-order valence-electron chi connectivity index (χ1n) is 14.7. The number of benzene rings is 5. The van der Waals surface area contributed by atoms with Crippen LogP contribution in [0.4, 0.5) is 22.7 Å². The number of nitrogens with zero attached hydrogens (tertiary/aromatic N) is 2. The Morgan fingerprint density at radius 2 is 0.913 bits per heavy atom. The summed E-state index contributed by atoms with van der Waals surface area (Å²) >= 11 is 0. The second-order valence-electron chi connectivity index (χ2n) is 10.8. The Balaban J connectivity index is 0.00000208. The summed E-state index contributed by atoms with van der Waals surface area (Å²) in [6.45, 7) is 0.659. The van der Waals surface area contributed by atoms with Gasteiger partial charge >= 0.3 is 0 Å². The molecule has 2 heterocycles. The molecule has 0 amide bonds. The van der Waals surface area contributed by atoms with Crippen LogP contribution in [-0.2, 0) is 10.0 Å². The number of unbranched alkanes of at least 4 members (excludes halogenated alkanes) is 1. The largest absolute Gasteiger partial charge is 0.384 e. The van der Waals surface area contributed by atoms with Crippen molar-refractivity contribution in [2.24, 2.45) is 0 Å². The molecular formula is C36H33Cl2N5O2S. The van der Waals surface area contributed by atoms with E-state index in [-0.39, 0.29) is 30.6 Å². The summed E-state index contributed by atoms with van der Waals surface area (Å²) in [5, 5.41) is 11.3. The predicted octanol–water partition coefficient (Wildman–Crippen LogP) is 9.31. The van der Waals surface area contributed by atoms with Gasteiger partial charge in [0.15, 0.2) is 0 Å². The summed E-state index contributed by atoms with van der Waals surface area (Å²) in [6, 6.07) is 39.6. The average Bonchev–Trinajstić information content (AvgIpc) is 3.04. The molecule has 0 aliphatic rings. The minimum atomic E-state index is -3.49. The van der Waals surface area contributed by atoms with E-state index >= 15 is 0 Å². The maximum Gasteiger partial charge on any atom is 0.232 e. The fourth-order valence-corrected chi connectivity index (χ4v) is 6.81. The first-order valence-corrected chi connectivity index (χ1v) is 16.4. The normalized spacial score (nSPS) is 11.2. The molecule has 0 aliphatic heterocycles. The minimum Gasteiger partial charge on any atom is -0.384 e. The second kappa shape index (κ2) is 14.2. The lowest BCUT2D eigenvalue weighted by molar-refractivity contribution is 0.597. The van der Waals surface area contributed by atoms with Crippen molar-refractivity contribution in [1.29, 1.82) is 0 Å². The maximum atomic E-state index is 12.9. The molecule has 0 saturated carbocycles. The van der Waals surface area contributed by atoms with Crippen LogP contribution in [0.5, 0.6) is 0 Å². The molecule has 0 unspecified atom stereocenters. The lowest BCUT2D eigenvalue weighted by atomic mass is 10.1. The van der Waals surface area contributed by atoms with E-state index in [9.17, 15) is 8.42 Å². The first-order chi connectivity index (χ1) is 21.5. The lowest BCUT2D eigenvalue weighted by Gasteiger charge is -2.14. The fourth-order valence-electron chi connectivity index (χ4n) is 5.63. The van der Waals surface area contributed by atoms with Gasteiger partial charge in [0.05, 0.1) is 39.2 Å². The Morgan fingerprint density at radius 1 is 0.500 bits per heavy atom. The quantitative estimate of drug-likeness (QED) is 0.0992. The molecule has 0 fully saturated rings. The zero-order chi connectivity index (χ0) is 29.9. The van der Waals surface area contributed by atoms with Gasteiger partial charge in [-0.2, -0.15) is 0 Å². The van der Waals surface area contributed by atoms with E-state index < -0.39 is 10.0 Å². The zero-order valence-corrected chi connectivity index (χ0v) is 27.3. The molecule has 0 radical (unpaired) electrons. The average molecular weight is 671 g/mol. The number of aromatic nitrogens is 2. The summed E-state index contributed by atoms with van der Waals surface area (Å²) in [4.78, 5) is 9.56. The van der Waals surface area contributed by atoms with Crippen molar-refractivity contribution >= 4 is 101 Å². The Morgan fingerprint density at radius 3 is 1.39 bits per heavy atom. The van der Waals surface area contributed by atoms with Crippen LogP contribution >= 0.6 is 24.8 Å². The van der Waals surface area contributed by atoms with Gasteiger partial charge < -0.3 is 10.6 Å². The molecule has 0 aliphatic carbocycles. The highest BCUT2D eigenvalue weighted by Crippen LogP contribution is 2.34. The van der Waals surface area contributed by atoms with Crippen LogP contribution in [0.25, 0.3) is 43.6 Å². The van der Waals surface area contributed by atoms with Crippen molar-refractivity contribution < 1.29 is 8.42 Å². The molecule has 10 heteroatoms. The summed E-state index contributed by atoms with van der Waals surface area (Å²) in [7, 11) is -3.49. The summed E-state index contributed by atoms with van der Waals surface area (Å²) in [5.74, 6) is 0.0432. The van der Waals surface area contributed by atoms with Crippen molar-refractivity contribution in [2.45, 2.75) is 12.8 Å². The molecule has 5 aromatic carbocycles. The van der Waals surface area contributed by atoms with Gasteiger partial charge in [0.1, 0.15) is 0 Å². The Bertz CT molecular complexity index is 2140. The first kappa shape index (κ1) is 32.8. The van der Waals surface area contributed by atoms with E-state index in [1.807, 2.05) is 84.9 Å². The van der Waals surface area contributed by atoms with Crippen LogP contribution in [0, 0.1) is 0 Å². The Hall–Kier alpha value is -4.63. The van der Waals surface area contributed by atoms with Gasteiger partial charge in [0.2, 0.25) is 10.0 Å². The highest BCUT2D eigenvalue weighted by atomic mass is 35.5. The predicted molar refractivity (Wildman–Crippen MR) is 198 cm³/mol. The molecule has 0 saturated heterocycles. The highest BCUT2D eigenvalue weighted by molar-refractivity contribution is 7.92. The molecular weight excluding hydrogens is 637 g/mol. The van der Waals surface area contributed by atoms with E-state index in [2.05, 4.69) is 39.6 Å². The van der Waals surface area contributed by atoms with Gasteiger partial charge in [-0.3, -0.25) is 4.72 Å². The van der Waals surface area contributed by atoms with Gasteiger partial charge in [0, 0.05) is 39.5 Å². The number of sulfonamides is 1. The molecule has 7 aromatic rings. The van der Waals surface area contributed by atoms with Gasteiger partial charge in [0.25, 0.3) is 0 Å². The lowest BCUT2D eigenvalue weighted by Crippen LogP contribution is -2.17. The Labute approximate surface area is 280 Å². The smallest absolute Gasteiger partial charge is 0.232 e. The summed E-state index contributed by atoms with van der Waals surface area (Å²) < 4.78 is 28.5. The zero-order valence-electron chi connectivity index (χ0n) is 24.8. The molecule has 0 atom stereocenters. The van der Waals surface area contributed by atoms with Crippen molar-refractivity contribution in [3.63, 3.8) is 0 Å². The maximum absolute atomic E-state index is 12.9. The SMILES string of the molecule is Cl.Cl.O=S(=O)(CCCCNc1c2ccccc2nc2ccccc12)Nc1ccc(Nc2c3ccccc3nc3ccccc23)cc1. The molecule has 2 aromatic heterocycles. The van der Waals surface area contributed by atoms with Gasteiger partial charge in [-0.25, -0.2) is 18.4 Å². The molecule has 0 spiro atoms. The van der Waals surface area contributed by atoms with Crippen LogP contribution in [-0.4, -0.2) is 30.7 Å². The third-order valence-electron chi connectivity index (χ3n) is 7.74. The summed E-state index contributed by atoms with van der Waals surface area (Å²) in [5.41, 5.74) is 7.10. The van der Waals surface area contributed by atoms with Crippen molar-refractivity contribution in [1.82, 2.24) is 9.97 Å². The number of hydrogen-bond acceptors (Lipinski definition) is 6. The molecule has 234 valence electrons. The number of anilines is 4. The van der Waals surface area contributed by atoms with E-state index in [1.54, 1.807) is 12.1 Å². The van der Waals surface area contributed by atoms with Crippen LogP contribution in [0.3, 0.4) is 0 Å². The number of rotatable bonds is 10. The van der Waals surface area contributed by atoms with E-state index in [4.69, 9.17) is 9.97 Å². The van der Waals surface area contributed by atoms with Crippen LogP contribution in [0.2, 0.25) is 0 Å². The molecule has 7 rings (SSSR count). The fraction of sp³-hybridized carbons (Fsp3) is 0.111. The second-order valence-corrected chi connectivity index (χ2v) is 12.6. The number of nitrogens with one attached hydrogen (secondary N) is 3.